The normalized spacial score (nSPS) is 10.2. The van der Waals surface area contributed by atoms with E-state index in [-0.39, 0.29) is 5.91 Å². The molecule has 5 heteroatoms. The Hall–Kier alpha value is -2.30. The van der Waals surface area contributed by atoms with Gasteiger partial charge in [0.25, 0.3) is 0 Å². The number of nitrogens with zero attached hydrogens (tertiary/aromatic N) is 1. The van der Waals surface area contributed by atoms with E-state index in [1.165, 1.54) is 0 Å². The molecule has 4 N–H and O–H groups in total. The smallest absolute Gasteiger partial charge is 0.220 e. The van der Waals surface area contributed by atoms with Gasteiger partial charge in [-0.25, -0.2) is 4.98 Å². The maximum atomic E-state index is 11.6. The molecule has 18 heavy (non-hydrogen) atoms. The maximum absolute atomic E-state index is 11.6. The molecular formula is C13H16N4O. The average molecular weight is 244 g/mol. The Morgan fingerprint density at radius 3 is 2.78 bits per heavy atom. The van der Waals surface area contributed by atoms with Crippen LogP contribution in [0.2, 0.25) is 0 Å². The summed E-state index contributed by atoms with van der Waals surface area (Å²) in [5, 5.41) is 2.81. The molecule has 0 unspecified atom stereocenters. The first kappa shape index (κ1) is 12.2. The van der Waals surface area contributed by atoms with Gasteiger partial charge in [-0.3, -0.25) is 4.79 Å². The zero-order valence-corrected chi connectivity index (χ0v) is 10.0. The van der Waals surface area contributed by atoms with Crippen molar-refractivity contribution in [2.24, 2.45) is 0 Å². The second kappa shape index (κ2) is 5.86. The molecule has 0 saturated carbocycles. The topological polar surface area (TPSA) is 83.8 Å². The molecule has 0 spiro atoms. The van der Waals surface area contributed by atoms with E-state index >= 15 is 0 Å². The highest BCUT2D eigenvalue weighted by molar-refractivity contribution is 5.76. The number of hydrogen-bond acceptors (Lipinski definition) is 3. The van der Waals surface area contributed by atoms with Crippen molar-refractivity contribution in [2.75, 3.05) is 5.73 Å². The highest BCUT2D eigenvalue weighted by atomic mass is 16.1. The maximum Gasteiger partial charge on any atom is 0.220 e. The van der Waals surface area contributed by atoms with Gasteiger partial charge in [0, 0.05) is 24.5 Å². The first-order valence-corrected chi connectivity index (χ1v) is 5.83. The standard InChI is InChI=1S/C13H16N4O/c14-11-4-1-10(2-5-11)3-6-13(18)17-9-12-15-7-8-16-12/h1-2,4-5,7-8H,3,6,9,14H2,(H,15,16)(H,17,18). The number of amides is 1. The minimum Gasteiger partial charge on any atom is -0.399 e. The number of hydrogen-bond donors (Lipinski definition) is 3. The molecule has 0 atom stereocenters. The Kier molecular flexibility index (Phi) is 3.96. The van der Waals surface area contributed by atoms with Crippen molar-refractivity contribution in [1.29, 1.82) is 0 Å². The summed E-state index contributed by atoms with van der Waals surface area (Å²) in [4.78, 5) is 18.6. The number of carbonyl (C=O) groups is 1. The minimum absolute atomic E-state index is 0.0169. The van der Waals surface area contributed by atoms with Crippen molar-refractivity contribution in [3.05, 3.63) is 48.0 Å². The van der Waals surface area contributed by atoms with Crippen LogP contribution in [0.1, 0.15) is 17.8 Å². The van der Waals surface area contributed by atoms with Gasteiger partial charge in [0.15, 0.2) is 0 Å². The third-order valence-corrected chi connectivity index (χ3v) is 2.63. The average Bonchev–Trinajstić information content (AvgIpc) is 2.89. The molecule has 0 aliphatic heterocycles. The molecule has 0 aliphatic carbocycles. The summed E-state index contributed by atoms with van der Waals surface area (Å²) in [6, 6.07) is 7.57. The van der Waals surface area contributed by atoms with Gasteiger partial charge in [-0.15, -0.1) is 0 Å². The lowest BCUT2D eigenvalue weighted by molar-refractivity contribution is -0.121. The molecule has 1 aromatic carbocycles. The minimum atomic E-state index is 0.0169. The van der Waals surface area contributed by atoms with Crippen LogP contribution in [0.4, 0.5) is 5.69 Å². The number of aromatic amines is 1. The van der Waals surface area contributed by atoms with E-state index in [2.05, 4.69) is 15.3 Å². The van der Waals surface area contributed by atoms with Crippen LogP contribution in [0.25, 0.3) is 0 Å². The van der Waals surface area contributed by atoms with Crippen molar-refractivity contribution < 1.29 is 4.79 Å². The lowest BCUT2D eigenvalue weighted by atomic mass is 10.1. The zero-order chi connectivity index (χ0) is 12.8. The Morgan fingerprint density at radius 2 is 2.11 bits per heavy atom. The van der Waals surface area contributed by atoms with Crippen LogP contribution in [-0.4, -0.2) is 15.9 Å². The summed E-state index contributed by atoms with van der Waals surface area (Å²) in [6.07, 6.45) is 4.57. The second-order valence-electron chi connectivity index (χ2n) is 4.05. The van der Waals surface area contributed by atoms with E-state index < -0.39 is 0 Å². The number of imidazole rings is 1. The fraction of sp³-hybridized carbons (Fsp3) is 0.231. The lowest BCUT2D eigenvalue weighted by Crippen LogP contribution is -2.23. The van der Waals surface area contributed by atoms with Crippen LogP contribution in [-0.2, 0) is 17.8 Å². The Labute approximate surface area is 105 Å². The molecule has 0 fully saturated rings. The largest absolute Gasteiger partial charge is 0.399 e. The van der Waals surface area contributed by atoms with Gasteiger partial charge in [-0.1, -0.05) is 12.1 Å². The summed E-state index contributed by atoms with van der Waals surface area (Å²) in [7, 11) is 0. The van der Waals surface area contributed by atoms with E-state index in [4.69, 9.17) is 5.73 Å². The van der Waals surface area contributed by atoms with Crippen molar-refractivity contribution in [1.82, 2.24) is 15.3 Å². The SMILES string of the molecule is Nc1ccc(CCC(=O)NCc2ncc[nH]2)cc1. The Morgan fingerprint density at radius 1 is 1.33 bits per heavy atom. The molecule has 0 radical (unpaired) electrons. The molecule has 0 bridgehead atoms. The quantitative estimate of drug-likeness (QED) is 0.692. The van der Waals surface area contributed by atoms with Gasteiger partial charge < -0.3 is 16.0 Å². The molecule has 1 aromatic heterocycles. The summed E-state index contributed by atoms with van der Waals surface area (Å²) in [5.74, 6) is 0.777. The van der Waals surface area contributed by atoms with Gasteiger partial charge in [-0.2, -0.15) is 0 Å². The molecule has 2 rings (SSSR count). The summed E-state index contributed by atoms with van der Waals surface area (Å²) < 4.78 is 0. The summed E-state index contributed by atoms with van der Waals surface area (Å²) in [5.41, 5.74) is 7.44. The van der Waals surface area contributed by atoms with Crippen LogP contribution < -0.4 is 11.1 Å². The zero-order valence-electron chi connectivity index (χ0n) is 10.0. The molecular weight excluding hydrogens is 228 g/mol. The number of anilines is 1. The number of nitrogen functional groups attached to an aromatic ring is 1. The van der Waals surface area contributed by atoms with Crippen LogP contribution in [0.5, 0.6) is 0 Å². The number of benzene rings is 1. The van der Waals surface area contributed by atoms with Gasteiger partial charge in [-0.05, 0) is 24.1 Å². The van der Waals surface area contributed by atoms with E-state index in [9.17, 15) is 4.79 Å². The number of aromatic nitrogens is 2. The first-order chi connectivity index (χ1) is 8.74. The van der Waals surface area contributed by atoms with Gasteiger partial charge in [0.2, 0.25) is 5.91 Å². The number of nitrogens with one attached hydrogen (secondary N) is 2. The number of rotatable bonds is 5. The number of aryl methyl sites for hydroxylation is 1. The van der Waals surface area contributed by atoms with Gasteiger partial charge in [0.1, 0.15) is 5.82 Å². The van der Waals surface area contributed by atoms with Gasteiger partial charge in [0.05, 0.1) is 6.54 Å². The van der Waals surface area contributed by atoms with Crippen molar-refractivity contribution in [3.8, 4) is 0 Å². The molecule has 5 nitrogen and oxygen atoms in total. The van der Waals surface area contributed by atoms with Crippen molar-refractivity contribution >= 4 is 11.6 Å². The second-order valence-corrected chi connectivity index (χ2v) is 4.05. The lowest BCUT2D eigenvalue weighted by Gasteiger charge is -2.04. The number of H-pyrrole nitrogens is 1. The molecule has 2 aromatic rings. The van der Waals surface area contributed by atoms with E-state index in [1.54, 1.807) is 12.4 Å². The van der Waals surface area contributed by atoms with Crippen LogP contribution in [0, 0.1) is 0 Å². The fourth-order valence-electron chi connectivity index (χ4n) is 1.61. The molecule has 0 aliphatic rings. The van der Waals surface area contributed by atoms with Crippen molar-refractivity contribution in [2.45, 2.75) is 19.4 Å². The molecule has 94 valence electrons. The van der Waals surface area contributed by atoms with Crippen LogP contribution in [0.15, 0.2) is 36.7 Å². The van der Waals surface area contributed by atoms with Crippen LogP contribution in [0.3, 0.4) is 0 Å². The van der Waals surface area contributed by atoms with E-state index in [0.29, 0.717) is 19.4 Å². The fourth-order valence-corrected chi connectivity index (χ4v) is 1.61. The third kappa shape index (κ3) is 3.62. The van der Waals surface area contributed by atoms with Crippen LogP contribution >= 0.6 is 0 Å². The number of nitrogens with two attached hydrogens (primary N) is 1. The number of carbonyl (C=O) groups excluding carboxylic acids is 1. The third-order valence-electron chi connectivity index (χ3n) is 2.63. The molecule has 1 heterocycles. The summed E-state index contributed by atoms with van der Waals surface area (Å²) >= 11 is 0. The molecule has 1 amide bonds. The highest BCUT2D eigenvalue weighted by Gasteiger charge is 2.03. The van der Waals surface area contributed by atoms with E-state index in [0.717, 1.165) is 17.1 Å². The van der Waals surface area contributed by atoms with Crippen molar-refractivity contribution in [3.63, 3.8) is 0 Å². The summed E-state index contributed by atoms with van der Waals surface area (Å²) in [6.45, 7) is 0.438. The first-order valence-electron chi connectivity index (χ1n) is 5.83. The predicted octanol–water partition coefficient (Wildman–Crippen LogP) is 1.24. The molecule has 0 saturated heterocycles. The predicted molar refractivity (Wildman–Crippen MR) is 69.6 cm³/mol. The monoisotopic (exact) mass is 244 g/mol. The van der Waals surface area contributed by atoms with E-state index in [1.807, 2.05) is 24.3 Å². The van der Waals surface area contributed by atoms with Gasteiger partial charge >= 0.3 is 0 Å². The Bertz CT molecular complexity index is 490. The Balaban J connectivity index is 1.73. The highest BCUT2D eigenvalue weighted by Crippen LogP contribution is 2.07.